The molecule has 0 aliphatic carbocycles. The maximum Gasteiger partial charge on any atom is 0.264 e. The number of hydrogen-bond acceptors (Lipinski definition) is 5. The molecule has 2 aromatic carbocycles. The minimum atomic E-state index is -0.232. The first-order valence-corrected chi connectivity index (χ1v) is 11.1. The number of aryl methyl sites for hydroxylation is 1. The van der Waals surface area contributed by atoms with Crippen LogP contribution in [0.3, 0.4) is 0 Å². The van der Waals surface area contributed by atoms with Crippen LogP contribution < -0.4 is 14.8 Å². The fourth-order valence-electron chi connectivity index (χ4n) is 3.10. The number of ether oxygens (including phenoxy) is 2. The van der Waals surface area contributed by atoms with Gasteiger partial charge in [0.15, 0.2) is 11.7 Å². The van der Waals surface area contributed by atoms with E-state index in [1.165, 1.54) is 22.5 Å². The van der Waals surface area contributed by atoms with Gasteiger partial charge in [-0.2, -0.15) is 0 Å². The van der Waals surface area contributed by atoms with Crippen LogP contribution in [0.25, 0.3) is 11.3 Å². The Morgan fingerprint density at radius 1 is 1.10 bits per heavy atom. The van der Waals surface area contributed by atoms with Crippen LogP contribution in [-0.4, -0.2) is 24.1 Å². The number of rotatable bonds is 9. The Balaban J connectivity index is 1.54. The molecule has 3 rings (SSSR count). The molecule has 6 heteroatoms. The van der Waals surface area contributed by atoms with E-state index in [9.17, 15) is 4.79 Å². The highest BCUT2D eigenvalue weighted by Crippen LogP contribution is 2.27. The van der Waals surface area contributed by atoms with E-state index in [4.69, 9.17) is 9.47 Å². The topological polar surface area (TPSA) is 60.5 Å². The van der Waals surface area contributed by atoms with Gasteiger partial charge in [-0.05, 0) is 66.8 Å². The summed E-state index contributed by atoms with van der Waals surface area (Å²) >= 11 is 1.39. The van der Waals surface area contributed by atoms with E-state index in [1.54, 1.807) is 0 Å². The van der Waals surface area contributed by atoms with Crippen molar-refractivity contribution in [1.29, 1.82) is 0 Å². The van der Waals surface area contributed by atoms with Crippen molar-refractivity contribution in [2.75, 3.05) is 18.5 Å². The van der Waals surface area contributed by atoms with E-state index < -0.39 is 0 Å². The second-order valence-corrected chi connectivity index (χ2v) is 8.28. The molecule has 30 heavy (non-hydrogen) atoms. The number of thiazole rings is 1. The summed E-state index contributed by atoms with van der Waals surface area (Å²) in [6.45, 7) is 9.10. The summed E-state index contributed by atoms with van der Waals surface area (Å²) in [5, 5.41) is 5.28. The minimum Gasteiger partial charge on any atom is -0.494 e. The smallest absolute Gasteiger partial charge is 0.264 e. The van der Waals surface area contributed by atoms with Gasteiger partial charge in [0.2, 0.25) is 0 Å². The van der Waals surface area contributed by atoms with Crippen LogP contribution in [0.2, 0.25) is 0 Å². The van der Waals surface area contributed by atoms with Crippen LogP contribution in [0.5, 0.6) is 11.5 Å². The second-order valence-electron chi connectivity index (χ2n) is 7.42. The first-order valence-electron chi connectivity index (χ1n) is 10.2. The van der Waals surface area contributed by atoms with Gasteiger partial charge in [0.05, 0.1) is 12.3 Å². The van der Waals surface area contributed by atoms with Gasteiger partial charge < -0.3 is 9.47 Å². The Morgan fingerprint density at radius 2 is 1.83 bits per heavy atom. The highest BCUT2D eigenvalue weighted by atomic mass is 32.1. The van der Waals surface area contributed by atoms with Gasteiger partial charge in [-0.3, -0.25) is 10.1 Å². The van der Waals surface area contributed by atoms with Crippen LogP contribution in [0.15, 0.2) is 47.8 Å². The molecule has 0 saturated heterocycles. The third-order valence-corrected chi connectivity index (χ3v) is 5.36. The quantitative estimate of drug-likeness (QED) is 0.454. The SMILES string of the molecule is CCCOc1ccc(-c2csc(NC(=O)COc3ccc(C(C)C)c(C)c3)n2)cc1. The minimum absolute atomic E-state index is 0.0567. The zero-order valence-corrected chi connectivity index (χ0v) is 18.7. The van der Waals surface area contributed by atoms with E-state index in [2.05, 4.69) is 44.1 Å². The van der Waals surface area contributed by atoms with Crippen molar-refractivity contribution in [2.24, 2.45) is 0 Å². The Bertz CT molecular complexity index is 980. The number of anilines is 1. The van der Waals surface area contributed by atoms with Crippen molar-refractivity contribution in [3.05, 3.63) is 59.0 Å². The third-order valence-electron chi connectivity index (χ3n) is 4.61. The molecule has 1 aromatic heterocycles. The number of nitrogens with one attached hydrogen (secondary N) is 1. The zero-order chi connectivity index (χ0) is 21.5. The van der Waals surface area contributed by atoms with Gasteiger partial charge in [0.1, 0.15) is 11.5 Å². The molecular weight excluding hydrogens is 396 g/mol. The van der Waals surface area contributed by atoms with Gasteiger partial charge in [-0.25, -0.2) is 4.98 Å². The van der Waals surface area contributed by atoms with Crippen molar-refractivity contribution in [3.63, 3.8) is 0 Å². The molecule has 5 nitrogen and oxygen atoms in total. The van der Waals surface area contributed by atoms with Crippen molar-refractivity contribution in [3.8, 4) is 22.8 Å². The summed E-state index contributed by atoms with van der Waals surface area (Å²) in [6, 6.07) is 13.7. The predicted molar refractivity (Wildman–Crippen MR) is 123 cm³/mol. The van der Waals surface area contributed by atoms with Crippen molar-refractivity contribution in [1.82, 2.24) is 4.98 Å². The number of carbonyl (C=O) groups is 1. The van der Waals surface area contributed by atoms with Crippen molar-refractivity contribution >= 4 is 22.4 Å². The molecule has 0 spiro atoms. The molecule has 1 N–H and O–H groups in total. The van der Waals surface area contributed by atoms with Gasteiger partial charge >= 0.3 is 0 Å². The molecule has 0 radical (unpaired) electrons. The molecule has 0 aliphatic rings. The molecule has 0 unspecified atom stereocenters. The molecule has 158 valence electrons. The third kappa shape index (κ3) is 5.83. The molecule has 1 heterocycles. The average Bonchev–Trinajstić information content (AvgIpc) is 3.19. The van der Waals surface area contributed by atoms with E-state index in [-0.39, 0.29) is 12.5 Å². The predicted octanol–water partition coefficient (Wildman–Crippen LogP) is 6.05. The fraction of sp³-hybridized carbons (Fsp3) is 0.333. The molecule has 0 atom stereocenters. The lowest BCUT2D eigenvalue weighted by atomic mass is 9.98. The first kappa shape index (κ1) is 21.8. The Hall–Kier alpha value is -2.86. The molecule has 3 aromatic rings. The van der Waals surface area contributed by atoms with Crippen molar-refractivity contribution in [2.45, 2.75) is 40.0 Å². The summed E-state index contributed by atoms with van der Waals surface area (Å²) < 4.78 is 11.2. The maximum atomic E-state index is 12.3. The zero-order valence-electron chi connectivity index (χ0n) is 17.9. The molecule has 0 fully saturated rings. The Morgan fingerprint density at radius 3 is 2.50 bits per heavy atom. The monoisotopic (exact) mass is 424 g/mol. The highest BCUT2D eigenvalue weighted by molar-refractivity contribution is 7.14. The lowest BCUT2D eigenvalue weighted by Crippen LogP contribution is -2.20. The number of hydrogen-bond donors (Lipinski definition) is 1. The number of carbonyl (C=O) groups excluding carboxylic acids is 1. The summed E-state index contributed by atoms with van der Waals surface area (Å²) in [5.41, 5.74) is 4.25. The van der Waals surface area contributed by atoms with E-state index in [1.807, 2.05) is 41.8 Å². The average molecular weight is 425 g/mol. The second kappa shape index (κ2) is 10.3. The van der Waals surface area contributed by atoms with E-state index in [0.29, 0.717) is 23.4 Å². The van der Waals surface area contributed by atoms with Crippen molar-refractivity contribution < 1.29 is 14.3 Å². The number of nitrogens with zero attached hydrogens (tertiary/aromatic N) is 1. The lowest BCUT2D eigenvalue weighted by Gasteiger charge is -2.12. The van der Waals surface area contributed by atoms with Gasteiger partial charge in [-0.15, -0.1) is 11.3 Å². The highest BCUT2D eigenvalue weighted by Gasteiger charge is 2.10. The molecule has 0 aliphatic heterocycles. The fourth-order valence-corrected chi connectivity index (χ4v) is 3.83. The van der Waals surface area contributed by atoms with Crippen LogP contribution in [-0.2, 0) is 4.79 Å². The lowest BCUT2D eigenvalue weighted by molar-refractivity contribution is -0.118. The molecule has 0 bridgehead atoms. The van der Waals surface area contributed by atoms with Gasteiger partial charge in [-0.1, -0.05) is 26.8 Å². The largest absolute Gasteiger partial charge is 0.494 e. The van der Waals surface area contributed by atoms with Gasteiger partial charge in [0.25, 0.3) is 5.91 Å². The first-order chi connectivity index (χ1) is 14.5. The molecule has 0 saturated carbocycles. The molecular formula is C24H28N2O3S. The number of benzene rings is 2. The summed E-state index contributed by atoms with van der Waals surface area (Å²) in [4.78, 5) is 16.8. The summed E-state index contributed by atoms with van der Waals surface area (Å²) in [5.74, 6) is 1.77. The summed E-state index contributed by atoms with van der Waals surface area (Å²) in [6.07, 6.45) is 0.976. The standard InChI is InChI=1S/C24H28N2O3S/c1-5-12-28-19-8-6-18(7-9-19)22-15-30-24(25-22)26-23(27)14-29-20-10-11-21(16(2)3)17(4)13-20/h6-11,13,15-16H,5,12,14H2,1-4H3,(H,25,26,27). The van der Waals surface area contributed by atoms with Crippen LogP contribution in [0.1, 0.15) is 44.2 Å². The van der Waals surface area contributed by atoms with E-state index >= 15 is 0 Å². The maximum absolute atomic E-state index is 12.3. The van der Waals surface area contributed by atoms with Gasteiger partial charge in [0, 0.05) is 10.9 Å². The number of amides is 1. The normalized spacial score (nSPS) is 10.8. The molecule has 1 amide bonds. The van der Waals surface area contributed by atoms with Crippen LogP contribution in [0, 0.1) is 6.92 Å². The van der Waals surface area contributed by atoms with E-state index in [0.717, 1.165) is 23.4 Å². The Kier molecular flexibility index (Phi) is 7.46. The van der Waals surface area contributed by atoms with Crippen LogP contribution in [0.4, 0.5) is 5.13 Å². The Labute approximate surface area is 182 Å². The summed E-state index contributed by atoms with van der Waals surface area (Å²) in [7, 11) is 0. The number of aromatic nitrogens is 1. The van der Waals surface area contributed by atoms with Crippen LogP contribution >= 0.6 is 11.3 Å².